The van der Waals surface area contributed by atoms with Crippen LogP contribution in [0.15, 0.2) is 84.0 Å². The molecule has 5 heteroatoms. The molecule has 0 amide bonds. The summed E-state index contributed by atoms with van der Waals surface area (Å²) in [6.07, 6.45) is 2.48. The topological polar surface area (TPSA) is 62.1 Å². The Morgan fingerprint density at radius 1 is 0.903 bits per heavy atom. The molecule has 1 aliphatic heterocycles. The SMILES string of the molecule is O=C(O)C1CN(Cc2ccc(CC=NOCc3ccc(-c4ccccc4)cc3)cc2)C1. The molecular formula is C26H26N2O3. The lowest BCUT2D eigenvalue weighted by atomic mass is 9.99. The zero-order valence-corrected chi connectivity index (χ0v) is 17.4. The van der Waals surface area contributed by atoms with Crippen molar-refractivity contribution >= 4 is 12.2 Å². The molecule has 0 atom stereocenters. The third-order valence-corrected chi connectivity index (χ3v) is 5.50. The van der Waals surface area contributed by atoms with Crippen molar-refractivity contribution < 1.29 is 14.7 Å². The van der Waals surface area contributed by atoms with Gasteiger partial charge in [0.25, 0.3) is 0 Å². The largest absolute Gasteiger partial charge is 0.481 e. The van der Waals surface area contributed by atoms with Crippen molar-refractivity contribution in [1.29, 1.82) is 0 Å². The molecule has 3 aromatic rings. The molecule has 0 aliphatic carbocycles. The summed E-state index contributed by atoms with van der Waals surface area (Å²) < 4.78 is 0. The molecule has 0 aromatic heterocycles. The smallest absolute Gasteiger partial charge is 0.309 e. The van der Waals surface area contributed by atoms with Crippen LogP contribution in [0.25, 0.3) is 11.1 Å². The predicted molar refractivity (Wildman–Crippen MR) is 122 cm³/mol. The monoisotopic (exact) mass is 414 g/mol. The highest BCUT2D eigenvalue weighted by Gasteiger charge is 2.31. The first kappa shape index (κ1) is 20.8. The molecule has 0 saturated carbocycles. The lowest BCUT2D eigenvalue weighted by Crippen LogP contribution is -2.49. The second kappa shape index (κ2) is 10.0. The summed E-state index contributed by atoms with van der Waals surface area (Å²) in [6.45, 7) is 2.51. The van der Waals surface area contributed by atoms with E-state index in [1.807, 2.05) is 18.2 Å². The second-order valence-electron chi connectivity index (χ2n) is 7.87. The van der Waals surface area contributed by atoms with Gasteiger partial charge in [-0.3, -0.25) is 9.69 Å². The van der Waals surface area contributed by atoms with Crippen LogP contribution in [-0.4, -0.2) is 35.3 Å². The third-order valence-electron chi connectivity index (χ3n) is 5.50. The summed E-state index contributed by atoms with van der Waals surface area (Å²) in [6, 6.07) is 27.0. The van der Waals surface area contributed by atoms with Crippen molar-refractivity contribution in [1.82, 2.24) is 4.90 Å². The number of carboxylic acids is 1. The van der Waals surface area contributed by atoms with E-state index in [0.29, 0.717) is 26.1 Å². The fourth-order valence-electron chi connectivity index (χ4n) is 3.63. The molecule has 1 N–H and O–H groups in total. The first-order valence-electron chi connectivity index (χ1n) is 10.5. The van der Waals surface area contributed by atoms with Crippen LogP contribution >= 0.6 is 0 Å². The van der Waals surface area contributed by atoms with Crippen molar-refractivity contribution in [3.05, 3.63) is 95.6 Å². The van der Waals surface area contributed by atoms with Gasteiger partial charge in [0.05, 0.1) is 5.92 Å². The minimum atomic E-state index is -0.697. The van der Waals surface area contributed by atoms with Gasteiger partial charge in [-0.2, -0.15) is 0 Å². The number of hydrogen-bond donors (Lipinski definition) is 1. The molecule has 3 aromatic carbocycles. The van der Waals surface area contributed by atoms with Gasteiger partial charge in [-0.15, -0.1) is 0 Å². The second-order valence-corrected chi connectivity index (χ2v) is 7.87. The van der Waals surface area contributed by atoms with E-state index in [2.05, 4.69) is 70.7 Å². The molecule has 1 fully saturated rings. The summed E-state index contributed by atoms with van der Waals surface area (Å²) in [4.78, 5) is 18.4. The molecule has 0 unspecified atom stereocenters. The number of rotatable bonds is 9. The Kier molecular flexibility index (Phi) is 6.75. The van der Waals surface area contributed by atoms with Crippen molar-refractivity contribution in [2.75, 3.05) is 13.1 Å². The van der Waals surface area contributed by atoms with Crippen LogP contribution in [0.5, 0.6) is 0 Å². The van der Waals surface area contributed by atoms with Gasteiger partial charge >= 0.3 is 5.97 Å². The minimum Gasteiger partial charge on any atom is -0.481 e. The zero-order chi connectivity index (χ0) is 21.5. The van der Waals surface area contributed by atoms with Crippen LogP contribution in [0.4, 0.5) is 0 Å². The molecule has 31 heavy (non-hydrogen) atoms. The highest BCUT2D eigenvalue weighted by Crippen LogP contribution is 2.20. The molecular weight excluding hydrogens is 388 g/mol. The number of hydrogen-bond acceptors (Lipinski definition) is 4. The molecule has 158 valence electrons. The van der Waals surface area contributed by atoms with Gasteiger partial charge < -0.3 is 9.94 Å². The van der Waals surface area contributed by atoms with E-state index >= 15 is 0 Å². The molecule has 1 heterocycles. The van der Waals surface area contributed by atoms with E-state index in [-0.39, 0.29) is 5.92 Å². The molecule has 4 rings (SSSR count). The fraction of sp³-hybridized carbons (Fsp3) is 0.231. The fourth-order valence-corrected chi connectivity index (χ4v) is 3.63. The Balaban J connectivity index is 1.18. The van der Waals surface area contributed by atoms with Gasteiger partial charge in [0.2, 0.25) is 0 Å². The first-order chi connectivity index (χ1) is 15.2. The van der Waals surface area contributed by atoms with Crippen molar-refractivity contribution in [3.63, 3.8) is 0 Å². The minimum absolute atomic E-state index is 0.211. The lowest BCUT2D eigenvalue weighted by Gasteiger charge is -2.36. The summed E-state index contributed by atoms with van der Waals surface area (Å²) in [7, 11) is 0. The number of nitrogens with zero attached hydrogens (tertiary/aromatic N) is 2. The predicted octanol–water partition coefficient (Wildman–Crippen LogP) is 4.62. The average molecular weight is 415 g/mol. The maximum atomic E-state index is 10.9. The summed E-state index contributed by atoms with van der Waals surface area (Å²) in [5, 5.41) is 13.0. The number of carboxylic acid groups (broad SMARTS) is 1. The molecule has 0 spiro atoms. The van der Waals surface area contributed by atoms with E-state index in [4.69, 9.17) is 9.94 Å². The first-order valence-corrected chi connectivity index (χ1v) is 10.5. The van der Waals surface area contributed by atoms with Gasteiger partial charge in [-0.1, -0.05) is 84.0 Å². The van der Waals surface area contributed by atoms with Gasteiger partial charge in [0, 0.05) is 32.3 Å². The molecule has 0 bridgehead atoms. The Morgan fingerprint density at radius 3 is 2.19 bits per heavy atom. The van der Waals surface area contributed by atoms with Crippen molar-refractivity contribution in [2.45, 2.75) is 19.6 Å². The van der Waals surface area contributed by atoms with Crippen LogP contribution in [0, 0.1) is 5.92 Å². The van der Waals surface area contributed by atoms with E-state index in [0.717, 1.165) is 17.7 Å². The maximum Gasteiger partial charge on any atom is 0.309 e. The van der Waals surface area contributed by atoms with Crippen molar-refractivity contribution in [2.24, 2.45) is 11.1 Å². The summed E-state index contributed by atoms with van der Waals surface area (Å²) in [5.41, 5.74) is 5.83. The Morgan fingerprint density at radius 2 is 1.52 bits per heavy atom. The highest BCUT2D eigenvalue weighted by atomic mass is 16.6. The van der Waals surface area contributed by atoms with Crippen LogP contribution in [0.2, 0.25) is 0 Å². The lowest BCUT2D eigenvalue weighted by molar-refractivity contribution is -0.147. The molecule has 1 aliphatic rings. The molecule has 1 saturated heterocycles. The van der Waals surface area contributed by atoms with Crippen LogP contribution in [0.3, 0.4) is 0 Å². The van der Waals surface area contributed by atoms with Crippen LogP contribution in [-0.2, 0) is 29.2 Å². The summed E-state index contributed by atoms with van der Waals surface area (Å²) >= 11 is 0. The quantitative estimate of drug-likeness (QED) is 0.410. The average Bonchev–Trinajstić information content (AvgIpc) is 2.77. The van der Waals surface area contributed by atoms with Crippen LogP contribution < -0.4 is 0 Å². The zero-order valence-electron chi connectivity index (χ0n) is 17.4. The van der Waals surface area contributed by atoms with Gasteiger partial charge in [0.15, 0.2) is 0 Å². The standard InChI is InChI=1S/C26H26N2O3/c29-26(30)25-17-28(18-25)16-21-8-6-20(7-9-21)14-15-27-31-19-22-10-12-24(13-11-22)23-4-2-1-3-5-23/h1-13,15,25H,14,16-19H2,(H,29,30). The van der Waals surface area contributed by atoms with E-state index in [9.17, 15) is 4.79 Å². The number of oxime groups is 1. The highest BCUT2D eigenvalue weighted by molar-refractivity contribution is 5.71. The Bertz CT molecular complexity index is 1010. The van der Waals surface area contributed by atoms with E-state index < -0.39 is 5.97 Å². The number of aliphatic carboxylic acids is 1. The van der Waals surface area contributed by atoms with Gasteiger partial charge in [-0.25, -0.2) is 0 Å². The molecule has 0 radical (unpaired) electrons. The summed E-state index contributed by atoms with van der Waals surface area (Å²) in [5.74, 6) is -0.908. The Hall–Kier alpha value is -3.44. The van der Waals surface area contributed by atoms with Crippen molar-refractivity contribution in [3.8, 4) is 11.1 Å². The van der Waals surface area contributed by atoms with Gasteiger partial charge in [-0.05, 0) is 27.8 Å². The van der Waals surface area contributed by atoms with Crippen LogP contribution in [0.1, 0.15) is 16.7 Å². The van der Waals surface area contributed by atoms with E-state index in [1.165, 1.54) is 16.7 Å². The normalized spacial score (nSPS) is 14.5. The Labute approximate surface area is 182 Å². The van der Waals surface area contributed by atoms with Gasteiger partial charge in [0.1, 0.15) is 6.61 Å². The number of carbonyl (C=O) groups is 1. The number of likely N-dealkylation sites (tertiary alicyclic amines) is 1. The van der Waals surface area contributed by atoms with E-state index in [1.54, 1.807) is 6.21 Å². The number of benzene rings is 3. The maximum absolute atomic E-state index is 10.9. The third kappa shape index (κ3) is 5.80. The molecule has 5 nitrogen and oxygen atoms in total.